The number of carbonyl (C=O) groups is 2. The third kappa shape index (κ3) is 3.75. The Hall–Kier alpha value is -1.95. The molecule has 1 amide bonds. The summed E-state index contributed by atoms with van der Waals surface area (Å²) in [6.07, 6.45) is 0. The minimum absolute atomic E-state index is 0.151. The van der Waals surface area contributed by atoms with Gasteiger partial charge in [-0.3, -0.25) is 9.59 Å². The molecule has 0 bridgehead atoms. The number of carbonyl (C=O) groups excluding carboxylic acids is 1. The molecule has 0 saturated heterocycles. The third-order valence-corrected chi connectivity index (χ3v) is 4.81. The molecule has 2 atom stereocenters. The normalized spacial score (nSPS) is 21.6. The van der Waals surface area contributed by atoms with Crippen LogP contribution in [0.4, 0.5) is 4.39 Å². The zero-order chi connectivity index (χ0) is 18.1. The average molecular weight is 336 g/mol. The fourth-order valence-electron chi connectivity index (χ4n) is 3.18. The van der Waals surface area contributed by atoms with Crippen LogP contribution >= 0.6 is 0 Å². The van der Waals surface area contributed by atoms with Crippen LogP contribution in [-0.2, 0) is 16.1 Å². The molecule has 0 aliphatic heterocycles. The summed E-state index contributed by atoms with van der Waals surface area (Å²) in [6, 6.07) is 6.35. The molecule has 1 aromatic rings. The Bertz CT molecular complexity index is 630. The maximum Gasteiger partial charge on any atom is 0.307 e. The maximum atomic E-state index is 13.9. The minimum atomic E-state index is -0.947. The molecule has 0 spiro atoms. The minimum Gasteiger partial charge on any atom is -0.481 e. The average Bonchev–Trinajstić information content (AvgIpc) is 3.07. The van der Waals surface area contributed by atoms with Crippen molar-refractivity contribution >= 4 is 11.9 Å². The Balaban J connectivity index is 2.18. The predicted octanol–water partition coefficient (Wildman–Crippen LogP) is 2.07. The number of aliphatic carboxylic acids is 1. The lowest BCUT2D eigenvalue weighted by molar-refractivity contribution is -0.142. The van der Waals surface area contributed by atoms with E-state index in [-0.39, 0.29) is 18.3 Å². The van der Waals surface area contributed by atoms with E-state index in [1.807, 2.05) is 19.0 Å². The molecule has 1 fully saturated rings. The van der Waals surface area contributed by atoms with Crippen molar-refractivity contribution in [2.24, 2.45) is 17.3 Å². The van der Waals surface area contributed by atoms with Gasteiger partial charge in [0.05, 0.1) is 11.8 Å². The van der Waals surface area contributed by atoms with Crippen molar-refractivity contribution in [3.05, 3.63) is 35.6 Å². The largest absolute Gasteiger partial charge is 0.481 e. The number of hydrogen-bond donors (Lipinski definition) is 1. The highest BCUT2D eigenvalue weighted by Crippen LogP contribution is 2.59. The number of likely N-dealkylation sites (N-methyl/N-ethyl adjacent to an activating group) is 1. The van der Waals surface area contributed by atoms with E-state index in [2.05, 4.69) is 0 Å². The lowest BCUT2D eigenvalue weighted by Crippen LogP contribution is -2.38. The molecule has 6 heteroatoms. The standard InChI is InChI=1S/C18H25FN2O3/c1-18(2)14(15(18)17(23)24)16(22)21(10-9-20(3)4)11-12-7-5-6-8-13(12)19/h5-8,14-15H,9-11H2,1-4H3,(H,23,24)/t14-,15+/m0/s1. The number of rotatable bonds is 7. The fraction of sp³-hybridized carbons (Fsp3) is 0.556. The van der Waals surface area contributed by atoms with Crippen LogP contribution in [0.25, 0.3) is 0 Å². The van der Waals surface area contributed by atoms with E-state index in [0.717, 1.165) is 0 Å². The molecule has 0 radical (unpaired) electrons. The molecule has 1 saturated carbocycles. The van der Waals surface area contributed by atoms with E-state index in [4.69, 9.17) is 0 Å². The van der Waals surface area contributed by atoms with Gasteiger partial charge < -0.3 is 14.9 Å². The van der Waals surface area contributed by atoms with Crippen LogP contribution in [0, 0.1) is 23.1 Å². The number of carboxylic acids is 1. The molecule has 2 rings (SSSR count). The van der Waals surface area contributed by atoms with E-state index < -0.39 is 23.2 Å². The molecule has 1 aliphatic rings. The summed E-state index contributed by atoms with van der Waals surface area (Å²) in [4.78, 5) is 27.8. The lowest BCUT2D eigenvalue weighted by atomic mass is 10.1. The van der Waals surface area contributed by atoms with E-state index >= 15 is 0 Å². The fourth-order valence-corrected chi connectivity index (χ4v) is 3.18. The third-order valence-electron chi connectivity index (χ3n) is 4.81. The monoisotopic (exact) mass is 336 g/mol. The van der Waals surface area contributed by atoms with Gasteiger partial charge in [-0.25, -0.2) is 4.39 Å². The van der Waals surface area contributed by atoms with Gasteiger partial charge in [0.15, 0.2) is 0 Å². The van der Waals surface area contributed by atoms with Crippen LogP contribution in [0.1, 0.15) is 19.4 Å². The van der Waals surface area contributed by atoms with Crippen molar-refractivity contribution in [1.29, 1.82) is 0 Å². The topological polar surface area (TPSA) is 60.9 Å². The van der Waals surface area contributed by atoms with E-state index in [1.165, 1.54) is 6.07 Å². The van der Waals surface area contributed by atoms with Crippen LogP contribution in [-0.4, -0.2) is 54.0 Å². The second-order valence-electron chi connectivity index (χ2n) is 7.27. The first-order chi connectivity index (χ1) is 11.2. The number of benzene rings is 1. The first-order valence-corrected chi connectivity index (χ1v) is 8.06. The number of halogens is 1. The van der Waals surface area contributed by atoms with Crippen molar-refractivity contribution in [1.82, 2.24) is 9.80 Å². The molecular formula is C18H25FN2O3. The molecule has 5 nitrogen and oxygen atoms in total. The molecule has 0 heterocycles. The van der Waals surface area contributed by atoms with Gasteiger partial charge in [-0.1, -0.05) is 32.0 Å². The van der Waals surface area contributed by atoms with Gasteiger partial charge in [0, 0.05) is 25.2 Å². The highest BCUT2D eigenvalue weighted by atomic mass is 19.1. The van der Waals surface area contributed by atoms with Crippen molar-refractivity contribution in [2.45, 2.75) is 20.4 Å². The zero-order valence-electron chi connectivity index (χ0n) is 14.6. The Labute approximate surface area is 142 Å². The van der Waals surface area contributed by atoms with Gasteiger partial charge in [-0.15, -0.1) is 0 Å². The second-order valence-corrected chi connectivity index (χ2v) is 7.27. The zero-order valence-corrected chi connectivity index (χ0v) is 14.6. The van der Waals surface area contributed by atoms with Gasteiger partial charge in [0.1, 0.15) is 5.82 Å². The first kappa shape index (κ1) is 18.4. The number of carboxylic acid groups (broad SMARTS) is 1. The van der Waals surface area contributed by atoms with Crippen LogP contribution in [0.15, 0.2) is 24.3 Å². The van der Waals surface area contributed by atoms with E-state index in [9.17, 15) is 19.1 Å². The van der Waals surface area contributed by atoms with E-state index in [1.54, 1.807) is 36.9 Å². The van der Waals surface area contributed by atoms with Crippen molar-refractivity contribution in [3.8, 4) is 0 Å². The summed E-state index contributed by atoms with van der Waals surface area (Å²) in [7, 11) is 3.79. The summed E-state index contributed by atoms with van der Waals surface area (Å²) < 4.78 is 13.9. The number of amides is 1. The van der Waals surface area contributed by atoms with E-state index in [0.29, 0.717) is 18.7 Å². The Morgan fingerprint density at radius 1 is 1.17 bits per heavy atom. The Morgan fingerprint density at radius 2 is 1.79 bits per heavy atom. The highest BCUT2D eigenvalue weighted by Gasteiger charge is 2.66. The summed E-state index contributed by atoms with van der Waals surface area (Å²) in [5.74, 6) is -2.74. The quantitative estimate of drug-likeness (QED) is 0.828. The first-order valence-electron chi connectivity index (χ1n) is 8.06. The number of nitrogens with zero attached hydrogens (tertiary/aromatic N) is 2. The number of hydrogen-bond acceptors (Lipinski definition) is 3. The van der Waals surface area contributed by atoms with Gasteiger partial charge in [-0.2, -0.15) is 0 Å². The molecule has 24 heavy (non-hydrogen) atoms. The lowest BCUT2D eigenvalue weighted by Gasteiger charge is -2.25. The van der Waals surface area contributed by atoms with Gasteiger partial charge in [0.2, 0.25) is 5.91 Å². The van der Waals surface area contributed by atoms with Crippen molar-refractivity contribution in [2.75, 3.05) is 27.2 Å². The molecule has 1 aromatic carbocycles. The SMILES string of the molecule is CN(C)CCN(Cc1ccccc1F)C(=O)[C@@H]1[C@H](C(=O)O)C1(C)C. The molecular weight excluding hydrogens is 311 g/mol. The smallest absolute Gasteiger partial charge is 0.307 e. The van der Waals surface area contributed by atoms with Crippen LogP contribution in [0.2, 0.25) is 0 Å². The molecule has 0 aromatic heterocycles. The van der Waals surface area contributed by atoms with Crippen molar-refractivity contribution < 1.29 is 19.1 Å². The van der Waals surface area contributed by atoms with Crippen LogP contribution < -0.4 is 0 Å². The van der Waals surface area contributed by atoms with Crippen LogP contribution in [0.3, 0.4) is 0 Å². The van der Waals surface area contributed by atoms with Crippen LogP contribution in [0.5, 0.6) is 0 Å². The molecule has 1 N–H and O–H groups in total. The summed E-state index contributed by atoms with van der Waals surface area (Å²) in [6.45, 7) is 4.80. The highest BCUT2D eigenvalue weighted by molar-refractivity contribution is 5.91. The van der Waals surface area contributed by atoms with Gasteiger partial charge >= 0.3 is 5.97 Å². The molecule has 1 aliphatic carbocycles. The molecule has 132 valence electrons. The predicted molar refractivity (Wildman–Crippen MR) is 88.8 cm³/mol. The van der Waals surface area contributed by atoms with Gasteiger partial charge in [-0.05, 0) is 25.6 Å². The Kier molecular flexibility index (Phi) is 5.28. The Morgan fingerprint density at radius 3 is 2.29 bits per heavy atom. The maximum absolute atomic E-state index is 13.9. The summed E-state index contributed by atoms with van der Waals surface area (Å²) >= 11 is 0. The van der Waals surface area contributed by atoms with Gasteiger partial charge in [0.25, 0.3) is 0 Å². The second kappa shape index (κ2) is 6.89. The summed E-state index contributed by atoms with van der Waals surface area (Å²) in [5, 5.41) is 9.30. The summed E-state index contributed by atoms with van der Waals surface area (Å²) in [5.41, 5.74) is -0.121. The molecule has 0 unspecified atom stereocenters. The van der Waals surface area contributed by atoms with Crippen molar-refractivity contribution in [3.63, 3.8) is 0 Å².